The molecule has 0 atom stereocenters. The molecule has 1 N–H and O–H groups in total. The highest BCUT2D eigenvalue weighted by Crippen LogP contribution is 2.36. The van der Waals surface area contributed by atoms with Crippen LogP contribution in [0.4, 0.5) is 0 Å². The summed E-state index contributed by atoms with van der Waals surface area (Å²) < 4.78 is 5.48. The second kappa shape index (κ2) is 10.4. The quantitative estimate of drug-likeness (QED) is 0.319. The molecule has 1 aromatic heterocycles. The van der Waals surface area contributed by atoms with E-state index < -0.39 is 5.97 Å². The lowest BCUT2D eigenvalue weighted by Gasteiger charge is -2.21. The van der Waals surface area contributed by atoms with Gasteiger partial charge in [0.25, 0.3) is 0 Å². The fourth-order valence-corrected chi connectivity index (χ4v) is 3.81. The monoisotopic (exact) mass is 428 g/mol. The Morgan fingerprint density at radius 3 is 2.66 bits per heavy atom. The van der Waals surface area contributed by atoms with Crippen LogP contribution in [0.3, 0.4) is 0 Å². The van der Waals surface area contributed by atoms with Crippen LogP contribution < -0.4 is 4.74 Å². The average Bonchev–Trinajstić information content (AvgIpc) is 2.84. The molecule has 0 saturated heterocycles. The van der Waals surface area contributed by atoms with Gasteiger partial charge in [-0.15, -0.1) is 0 Å². The van der Waals surface area contributed by atoms with Gasteiger partial charge < -0.3 is 14.7 Å². The maximum Gasteiger partial charge on any atom is 0.341 e. The summed E-state index contributed by atoms with van der Waals surface area (Å²) in [7, 11) is 0. The SMILES string of the molecule is O=C(O)COc1cccc2c1CCCC2=CCON=C(c1ccccc1)c1cccnc1. The number of ether oxygens (including phenoxy) is 1. The summed E-state index contributed by atoms with van der Waals surface area (Å²) in [6.07, 6.45) is 8.29. The van der Waals surface area contributed by atoms with Gasteiger partial charge >= 0.3 is 5.97 Å². The highest BCUT2D eigenvalue weighted by atomic mass is 16.6. The standard InChI is InChI=1S/C26H24N2O4/c29-25(30)18-31-24-13-5-11-22-19(9-4-12-23(22)24)14-16-32-28-26(20-7-2-1-3-8-20)21-10-6-15-27-17-21/h1-3,5-8,10-11,13-15,17H,4,9,12,16,18H2,(H,29,30). The van der Waals surface area contributed by atoms with E-state index in [-0.39, 0.29) is 6.61 Å². The first kappa shape index (κ1) is 21.3. The molecule has 32 heavy (non-hydrogen) atoms. The lowest BCUT2D eigenvalue weighted by Crippen LogP contribution is -2.12. The van der Waals surface area contributed by atoms with Crippen molar-refractivity contribution in [1.29, 1.82) is 0 Å². The fourth-order valence-electron chi connectivity index (χ4n) is 3.81. The predicted octanol–water partition coefficient (Wildman–Crippen LogP) is 4.73. The smallest absolute Gasteiger partial charge is 0.341 e. The van der Waals surface area contributed by atoms with Crippen LogP contribution in [0.5, 0.6) is 5.75 Å². The molecule has 0 radical (unpaired) electrons. The van der Waals surface area contributed by atoms with Gasteiger partial charge in [-0.05, 0) is 54.7 Å². The zero-order chi connectivity index (χ0) is 22.2. The maximum atomic E-state index is 10.9. The van der Waals surface area contributed by atoms with Crippen LogP contribution in [-0.4, -0.2) is 35.0 Å². The van der Waals surface area contributed by atoms with E-state index in [1.807, 2.05) is 66.7 Å². The molecular formula is C26H24N2O4. The first-order valence-corrected chi connectivity index (χ1v) is 10.5. The summed E-state index contributed by atoms with van der Waals surface area (Å²) in [5, 5.41) is 13.3. The van der Waals surface area contributed by atoms with Crippen molar-refractivity contribution in [1.82, 2.24) is 4.98 Å². The minimum Gasteiger partial charge on any atom is -0.482 e. The van der Waals surface area contributed by atoms with Crippen molar-refractivity contribution >= 4 is 17.3 Å². The number of allylic oxidation sites excluding steroid dienone is 1. The van der Waals surface area contributed by atoms with Crippen LogP contribution in [0.1, 0.15) is 35.1 Å². The largest absolute Gasteiger partial charge is 0.482 e. The van der Waals surface area contributed by atoms with Crippen molar-refractivity contribution in [2.45, 2.75) is 19.3 Å². The number of nitrogens with zero attached hydrogens (tertiary/aromatic N) is 2. The molecule has 6 nitrogen and oxygen atoms in total. The van der Waals surface area contributed by atoms with Crippen LogP contribution in [0.15, 0.2) is 84.3 Å². The molecule has 0 amide bonds. The molecular weight excluding hydrogens is 404 g/mol. The molecule has 162 valence electrons. The number of carbonyl (C=O) groups is 1. The van der Waals surface area contributed by atoms with E-state index in [1.165, 1.54) is 0 Å². The summed E-state index contributed by atoms with van der Waals surface area (Å²) in [6.45, 7) is -0.0183. The number of hydrogen-bond acceptors (Lipinski definition) is 5. The van der Waals surface area contributed by atoms with Gasteiger partial charge in [-0.2, -0.15) is 0 Å². The van der Waals surface area contributed by atoms with E-state index >= 15 is 0 Å². The topological polar surface area (TPSA) is 81.0 Å². The molecule has 1 aliphatic rings. The summed E-state index contributed by atoms with van der Waals surface area (Å²) >= 11 is 0. The first-order chi connectivity index (χ1) is 15.7. The molecule has 3 aromatic rings. The average molecular weight is 428 g/mol. The van der Waals surface area contributed by atoms with Gasteiger partial charge in [0, 0.05) is 29.1 Å². The van der Waals surface area contributed by atoms with E-state index in [9.17, 15) is 4.79 Å². The summed E-state index contributed by atoms with van der Waals surface area (Å²) in [6, 6.07) is 19.5. The van der Waals surface area contributed by atoms with Gasteiger partial charge in [-0.25, -0.2) is 4.79 Å². The molecule has 0 aliphatic heterocycles. The number of hydrogen-bond donors (Lipinski definition) is 1. The molecule has 0 fully saturated rings. The Hall–Kier alpha value is -3.93. The molecule has 0 bridgehead atoms. The lowest BCUT2D eigenvalue weighted by molar-refractivity contribution is -0.139. The minimum absolute atomic E-state index is 0.325. The van der Waals surface area contributed by atoms with Crippen molar-refractivity contribution in [2.24, 2.45) is 5.16 Å². The van der Waals surface area contributed by atoms with Crippen molar-refractivity contribution in [3.8, 4) is 5.75 Å². The van der Waals surface area contributed by atoms with Gasteiger partial charge in [0.1, 0.15) is 18.1 Å². The Kier molecular flexibility index (Phi) is 6.92. The van der Waals surface area contributed by atoms with E-state index in [0.717, 1.165) is 52.8 Å². The lowest BCUT2D eigenvalue weighted by atomic mass is 9.86. The van der Waals surface area contributed by atoms with Crippen LogP contribution in [-0.2, 0) is 16.1 Å². The summed E-state index contributed by atoms with van der Waals surface area (Å²) in [5.74, 6) is -0.347. The van der Waals surface area contributed by atoms with Crippen LogP contribution in [0, 0.1) is 0 Å². The second-order valence-electron chi connectivity index (χ2n) is 7.39. The number of aromatic nitrogens is 1. The van der Waals surface area contributed by atoms with E-state index in [1.54, 1.807) is 12.4 Å². The Morgan fingerprint density at radius 1 is 1.03 bits per heavy atom. The zero-order valence-corrected chi connectivity index (χ0v) is 17.6. The van der Waals surface area contributed by atoms with Crippen LogP contribution >= 0.6 is 0 Å². The molecule has 0 unspecified atom stereocenters. The predicted molar refractivity (Wildman–Crippen MR) is 123 cm³/mol. The third-order valence-corrected chi connectivity index (χ3v) is 5.25. The number of carboxylic acid groups (broad SMARTS) is 1. The molecule has 0 saturated carbocycles. The van der Waals surface area contributed by atoms with Crippen LogP contribution in [0.25, 0.3) is 5.57 Å². The normalized spacial score (nSPS) is 14.6. The molecule has 1 aliphatic carbocycles. The third kappa shape index (κ3) is 5.21. The molecule has 6 heteroatoms. The van der Waals surface area contributed by atoms with E-state index in [0.29, 0.717) is 12.4 Å². The first-order valence-electron chi connectivity index (χ1n) is 10.5. The third-order valence-electron chi connectivity index (χ3n) is 5.25. The Labute approximate surface area is 186 Å². The Balaban J connectivity index is 1.52. The van der Waals surface area contributed by atoms with E-state index in [2.05, 4.69) is 10.1 Å². The number of oxime groups is 1. The van der Waals surface area contributed by atoms with Gasteiger partial charge in [-0.1, -0.05) is 47.6 Å². The Morgan fingerprint density at radius 2 is 1.88 bits per heavy atom. The van der Waals surface area contributed by atoms with Crippen molar-refractivity contribution in [3.05, 3.63) is 101 Å². The van der Waals surface area contributed by atoms with Gasteiger partial charge in [0.05, 0.1) is 0 Å². The number of fused-ring (bicyclic) bond motifs is 1. The van der Waals surface area contributed by atoms with E-state index in [4.69, 9.17) is 14.7 Å². The summed E-state index contributed by atoms with van der Waals surface area (Å²) in [5.41, 5.74) is 5.86. The number of aliphatic carboxylic acids is 1. The molecule has 0 spiro atoms. The Bertz CT molecular complexity index is 1080. The number of pyridine rings is 1. The van der Waals surface area contributed by atoms with Crippen LogP contribution in [0.2, 0.25) is 0 Å². The van der Waals surface area contributed by atoms with Gasteiger partial charge in [0.2, 0.25) is 0 Å². The van der Waals surface area contributed by atoms with Gasteiger partial charge in [0.15, 0.2) is 6.61 Å². The number of benzene rings is 2. The number of carboxylic acids is 1. The molecule has 4 rings (SSSR count). The van der Waals surface area contributed by atoms with Crippen molar-refractivity contribution in [3.63, 3.8) is 0 Å². The molecule has 1 heterocycles. The number of rotatable bonds is 8. The highest BCUT2D eigenvalue weighted by Gasteiger charge is 2.18. The van der Waals surface area contributed by atoms with Crippen molar-refractivity contribution in [2.75, 3.05) is 13.2 Å². The summed E-state index contributed by atoms with van der Waals surface area (Å²) in [4.78, 5) is 20.8. The van der Waals surface area contributed by atoms with Gasteiger partial charge in [-0.3, -0.25) is 4.98 Å². The zero-order valence-electron chi connectivity index (χ0n) is 17.6. The maximum absolute atomic E-state index is 10.9. The molecule has 2 aromatic carbocycles. The minimum atomic E-state index is -0.983. The van der Waals surface area contributed by atoms with Crippen molar-refractivity contribution < 1.29 is 19.5 Å². The fraction of sp³-hybridized carbons (Fsp3) is 0.192. The highest BCUT2D eigenvalue weighted by molar-refractivity contribution is 6.12. The second-order valence-corrected chi connectivity index (χ2v) is 7.39.